The summed E-state index contributed by atoms with van der Waals surface area (Å²) in [6.07, 6.45) is -2.82. The van der Waals surface area contributed by atoms with Crippen molar-refractivity contribution in [2.45, 2.75) is 18.8 Å². The van der Waals surface area contributed by atoms with E-state index in [0.717, 1.165) is 12.1 Å². The van der Waals surface area contributed by atoms with Crippen molar-refractivity contribution in [3.8, 4) is 11.3 Å². The number of furan rings is 1. The number of alkyl halides is 3. The van der Waals surface area contributed by atoms with Gasteiger partial charge in [0, 0.05) is 11.6 Å². The summed E-state index contributed by atoms with van der Waals surface area (Å²) in [5.41, 5.74) is 6.00. The van der Waals surface area contributed by atoms with Gasteiger partial charge in [0.15, 0.2) is 0 Å². The molecule has 3 aromatic rings. The fraction of sp³-hybridized carbons (Fsp3) is 0.143. The number of nitrogens with zero attached hydrogens (tertiary/aromatic N) is 1. The van der Waals surface area contributed by atoms with E-state index in [2.05, 4.69) is 0 Å². The van der Waals surface area contributed by atoms with Gasteiger partial charge in [0.25, 0.3) is 0 Å². The Morgan fingerprint density at radius 3 is 2.55 bits per heavy atom. The van der Waals surface area contributed by atoms with Gasteiger partial charge in [0.2, 0.25) is 5.88 Å². The quantitative estimate of drug-likeness (QED) is 0.592. The summed E-state index contributed by atoms with van der Waals surface area (Å²) < 4.78 is 58.1. The first kappa shape index (κ1) is 19.1. The van der Waals surface area contributed by atoms with Gasteiger partial charge in [0.1, 0.15) is 23.4 Å². The number of hydrogen-bond acceptors (Lipinski definition) is 4. The van der Waals surface area contributed by atoms with Crippen molar-refractivity contribution in [2.75, 3.05) is 0 Å². The fourth-order valence-corrected chi connectivity index (χ4v) is 3.15. The highest BCUT2D eigenvalue weighted by molar-refractivity contribution is 5.59. The van der Waals surface area contributed by atoms with Crippen molar-refractivity contribution in [1.82, 2.24) is 5.06 Å². The molecule has 4 nitrogen and oxygen atoms in total. The molecule has 1 aliphatic heterocycles. The predicted octanol–water partition coefficient (Wildman–Crippen LogP) is 5.39. The minimum Gasteiger partial charge on any atom is -0.459 e. The average Bonchev–Trinajstić information content (AvgIpc) is 3.28. The lowest BCUT2D eigenvalue weighted by Crippen LogP contribution is -2.23. The van der Waals surface area contributed by atoms with Crippen LogP contribution in [0.15, 0.2) is 77.0 Å². The van der Waals surface area contributed by atoms with Crippen molar-refractivity contribution < 1.29 is 26.8 Å². The number of nitrogens with two attached hydrogens (primary N) is 1. The number of halogens is 4. The highest BCUT2D eigenvalue weighted by atomic mass is 19.4. The highest BCUT2D eigenvalue weighted by Crippen LogP contribution is 2.36. The molecule has 150 valence electrons. The molecular weight excluding hydrogens is 388 g/mol. The Bertz CT molecular complexity index is 1060. The predicted molar refractivity (Wildman–Crippen MR) is 97.2 cm³/mol. The number of hydrogen-bond donors (Lipinski definition) is 1. The SMILES string of the molecule is NC1=CC(c2ccc(-c3cccc(C(F)(F)F)c3)o2)N(Cc2cccc(F)c2)O1. The van der Waals surface area contributed by atoms with Crippen molar-refractivity contribution in [1.29, 1.82) is 0 Å². The molecule has 0 amide bonds. The van der Waals surface area contributed by atoms with Crippen molar-refractivity contribution >= 4 is 0 Å². The topological polar surface area (TPSA) is 51.6 Å². The smallest absolute Gasteiger partial charge is 0.416 e. The summed E-state index contributed by atoms with van der Waals surface area (Å²) in [5.74, 6) is 0.511. The van der Waals surface area contributed by atoms with Crippen molar-refractivity contribution in [3.05, 3.63) is 95.3 Å². The minimum atomic E-state index is -4.44. The minimum absolute atomic E-state index is 0.156. The second kappa shape index (κ2) is 7.29. The van der Waals surface area contributed by atoms with Crippen LogP contribution in [0.4, 0.5) is 17.6 Å². The molecule has 0 saturated carbocycles. The van der Waals surface area contributed by atoms with E-state index >= 15 is 0 Å². The Morgan fingerprint density at radius 1 is 1.00 bits per heavy atom. The Morgan fingerprint density at radius 2 is 1.79 bits per heavy atom. The average molecular weight is 404 g/mol. The monoisotopic (exact) mass is 404 g/mol. The van der Waals surface area contributed by atoms with Gasteiger partial charge in [-0.3, -0.25) is 0 Å². The van der Waals surface area contributed by atoms with Crippen LogP contribution in [0.3, 0.4) is 0 Å². The van der Waals surface area contributed by atoms with E-state index in [-0.39, 0.29) is 24.0 Å². The maximum atomic E-state index is 13.4. The molecule has 0 saturated heterocycles. The molecule has 4 rings (SSSR count). The third-order valence-corrected chi connectivity index (χ3v) is 4.48. The molecule has 0 fully saturated rings. The Hall–Kier alpha value is -3.26. The number of rotatable bonds is 4. The molecule has 1 unspecified atom stereocenters. The van der Waals surface area contributed by atoms with Gasteiger partial charge in [-0.25, -0.2) is 4.39 Å². The largest absolute Gasteiger partial charge is 0.459 e. The van der Waals surface area contributed by atoms with E-state index < -0.39 is 17.8 Å². The molecular formula is C21H16F4N2O2. The molecule has 1 atom stereocenters. The zero-order valence-electron chi connectivity index (χ0n) is 15.0. The van der Waals surface area contributed by atoms with Crippen LogP contribution in [0.5, 0.6) is 0 Å². The first-order chi connectivity index (χ1) is 13.8. The Labute approximate surface area is 163 Å². The van der Waals surface area contributed by atoms with Crippen LogP contribution in [-0.4, -0.2) is 5.06 Å². The second-order valence-corrected chi connectivity index (χ2v) is 6.59. The molecule has 29 heavy (non-hydrogen) atoms. The van der Waals surface area contributed by atoms with Gasteiger partial charge in [-0.2, -0.15) is 13.2 Å². The summed E-state index contributed by atoms with van der Waals surface area (Å²) in [4.78, 5) is 5.49. The maximum absolute atomic E-state index is 13.4. The van der Waals surface area contributed by atoms with Crippen LogP contribution in [0.2, 0.25) is 0 Å². The van der Waals surface area contributed by atoms with Gasteiger partial charge in [-0.05, 0) is 42.0 Å². The molecule has 0 bridgehead atoms. The lowest BCUT2D eigenvalue weighted by molar-refractivity contribution is -0.137. The van der Waals surface area contributed by atoms with Gasteiger partial charge in [-0.1, -0.05) is 24.3 Å². The third kappa shape index (κ3) is 4.12. The second-order valence-electron chi connectivity index (χ2n) is 6.59. The Kier molecular flexibility index (Phi) is 4.79. The van der Waals surface area contributed by atoms with E-state index in [4.69, 9.17) is 15.0 Å². The summed E-state index contributed by atoms with van der Waals surface area (Å²) in [7, 11) is 0. The summed E-state index contributed by atoms with van der Waals surface area (Å²) in [6, 6.07) is 13.7. The van der Waals surface area contributed by atoms with Crippen molar-refractivity contribution in [3.63, 3.8) is 0 Å². The van der Waals surface area contributed by atoms with Crippen LogP contribution < -0.4 is 5.73 Å². The summed E-state index contributed by atoms with van der Waals surface area (Å²) in [5, 5.41) is 1.51. The molecule has 0 aliphatic carbocycles. The van der Waals surface area contributed by atoms with E-state index in [1.165, 1.54) is 29.3 Å². The van der Waals surface area contributed by atoms with Crippen LogP contribution in [0, 0.1) is 5.82 Å². The summed E-state index contributed by atoms with van der Waals surface area (Å²) in [6.45, 7) is 0.235. The molecule has 0 radical (unpaired) electrons. The van der Waals surface area contributed by atoms with E-state index in [1.807, 2.05) is 0 Å². The zero-order valence-corrected chi connectivity index (χ0v) is 15.0. The summed E-state index contributed by atoms with van der Waals surface area (Å²) >= 11 is 0. The standard InChI is InChI=1S/C21H16F4N2O2/c22-16-6-1-3-13(9-16)12-27-17(11-20(26)29-27)19-8-7-18(28-19)14-4-2-5-15(10-14)21(23,24)25/h1-11,17H,12,26H2. The molecule has 1 aromatic heterocycles. The van der Waals surface area contributed by atoms with Gasteiger partial charge < -0.3 is 15.0 Å². The van der Waals surface area contributed by atoms with Gasteiger partial charge >= 0.3 is 6.18 Å². The maximum Gasteiger partial charge on any atom is 0.416 e. The van der Waals surface area contributed by atoms with Crippen LogP contribution in [0.1, 0.15) is 22.9 Å². The lowest BCUT2D eigenvalue weighted by atomic mass is 10.1. The van der Waals surface area contributed by atoms with Crippen LogP contribution >= 0.6 is 0 Å². The first-order valence-corrected chi connectivity index (χ1v) is 8.73. The zero-order chi connectivity index (χ0) is 20.6. The molecule has 0 spiro atoms. The normalized spacial score (nSPS) is 17.2. The fourth-order valence-electron chi connectivity index (χ4n) is 3.15. The lowest BCUT2D eigenvalue weighted by Gasteiger charge is -2.21. The molecule has 2 aromatic carbocycles. The highest BCUT2D eigenvalue weighted by Gasteiger charge is 2.32. The van der Waals surface area contributed by atoms with E-state index in [9.17, 15) is 17.6 Å². The molecule has 8 heteroatoms. The molecule has 1 aliphatic rings. The van der Waals surface area contributed by atoms with Gasteiger partial charge in [0.05, 0.1) is 12.1 Å². The number of benzene rings is 2. The van der Waals surface area contributed by atoms with Crippen LogP contribution in [-0.2, 0) is 17.6 Å². The number of hydroxylamine groups is 2. The molecule has 2 N–H and O–H groups in total. The van der Waals surface area contributed by atoms with Gasteiger partial charge in [-0.15, -0.1) is 5.06 Å². The van der Waals surface area contributed by atoms with E-state index in [1.54, 1.807) is 30.3 Å². The first-order valence-electron chi connectivity index (χ1n) is 8.73. The van der Waals surface area contributed by atoms with Crippen LogP contribution in [0.25, 0.3) is 11.3 Å². The third-order valence-electron chi connectivity index (χ3n) is 4.48. The molecule has 2 heterocycles. The van der Waals surface area contributed by atoms with E-state index in [0.29, 0.717) is 16.9 Å². The Balaban J connectivity index is 1.59. The van der Waals surface area contributed by atoms with Crippen molar-refractivity contribution in [2.24, 2.45) is 5.73 Å².